The number of aromatic nitrogens is 2. The number of nitrogens with one attached hydrogen (secondary N) is 1. The summed E-state index contributed by atoms with van der Waals surface area (Å²) in [5, 5.41) is 8.79. The number of benzene rings is 1. The lowest BCUT2D eigenvalue weighted by atomic mass is 10.1. The van der Waals surface area contributed by atoms with Gasteiger partial charge in [0.2, 0.25) is 5.82 Å². The van der Waals surface area contributed by atoms with E-state index in [0.717, 1.165) is 22.7 Å². The first kappa shape index (κ1) is 11.2. The van der Waals surface area contributed by atoms with Crippen LogP contribution in [0.5, 0.6) is 5.75 Å². The molecule has 0 atom stereocenters. The summed E-state index contributed by atoms with van der Waals surface area (Å²) in [6, 6.07) is 9.70. The number of hydrogen-bond donors (Lipinski definition) is 1. The predicted molar refractivity (Wildman–Crippen MR) is 64.6 cm³/mol. The van der Waals surface area contributed by atoms with Gasteiger partial charge in [0.1, 0.15) is 11.8 Å². The SMILES string of the molecule is CCOc1cccc(-c2nc(C#N)[nH]c2C)c1. The highest BCUT2D eigenvalue weighted by molar-refractivity contribution is 5.64. The van der Waals surface area contributed by atoms with E-state index >= 15 is 0 Å². The minimum absolute atomic E-state index is 0.333. The first-order valence-electron chi connectivity index (χ1n) is 5.44. The number of hydrogen-bond acceptors (Lipinski definition) is 3. The number of aryl methyl sites for hydroxylation is 1. The van der Waals surface area contributed by atoms with Gasteiger partial charge >= 0.3 is 0 Å². The fourth-order valence-corrected chi connectivity index (χ4v) is 1.69. The Balaban J connectivity index is 2.42. The molecule has 2 rings (SSSR count). The molecule has 0 aliphatic carbocycles. The largest absolute Gasteiger partial charge is 0.494 e. The third kappa shape index (κ3) is 2.28. The van der Waals surface area contributed by atoms with E-state index in [0.29, 0.717) is 12.4 Å². The van der Waals surface area contributed by atoms with Crippen LogP contribution in [0.3, 0.4) is 0 Å². The fourth-order valence-electron chi connectivity index (χ4n) is 1.69. The van der Waals surface area contributed by atoms with E-state index < -0.39 is 0 Å². The average Bonchev–Trinajstić information content (AvgIpc) is 2.71. The van der Waals surface area contributed by atoms with Gasteiger partial charge in [0, 0.05) is 11.3 Å². The van der Waals surface area contributed by atoms with Gasteiger partial charge < -0.3 is 9.72 Å². The van der Waals surface area contributed by atoms with Crippen molar-refractivity contribution in [3.8, 4) is 23.1 Å². The van der Waals surface area contributed by atoms with Gasteiger partial charge in [0.15, 0.2) is 0 Å². The molecular weight excluding hydrogens is 214 g/mol. The maximum absolute atomic E-state index is 8.79. The number of ether oxygens (including phenoxy) is 1. The number of imidazole rings is 1. The van der Waals surface area contributed by atoms with Gasteiger partial charge in [-0.15, -0.1) is 0 Å². The molecule has 0 spiro atoms. The van der Waals surface area contributed by atoms with Gasteiger partial charge in [-0.1, -0.05) is 12.1 Å². The molecule has 1 aromatic heterocycles. The van der Waals surface area contributed by atoms with E-state index in [1.54, 1.807) is 0 Å². The molecule has 17 heavy (non-hydrogen) atoms. The van der Waals surface area contributed by atoms with Crippen LogP contribution in [0.2, 0.25) is 0 Å². The van der Waals surface area contributed by atoms with E-state index in [9.17, 15) is 0 Å². The molecule has 1 aromatic carbocycles. The summed E-state index contributed by atoms with van der Waals surface area (Å²) in [5.74, 6) is 1.14. The van der Waals surface area contributed by atoms with Gasteiger partial charge in [0.05, 0.1) is 12.3 Å². The van der Waals surface area contributed by atoms with Crippen molar-refractivity contribution >= 4 is 0 Å². The van der Waals surface area contributed by atoms with E-state index in [1.807, 2.05) is 44.2 Å². The molecule has 0 aliphatic rings. The fraction of sp³-hybridized carbons (Fsp3) is 0.231. The molecule has 4 heteroatoms. The monoisotopic (exact) mass is 227 g/mol. The minimum atomic E-state index is 0.333. The quantitative estimate of drug-likeness (QED) is 0.876. The number of H-pyrrole nitrogens is 1. The van der Waals surface area contributed by atoms with Crippen molar-refractivity contribution in [3.05, 3.63) is 35.8 Å². The van der Waals surface area contributed by atoms with Gasteiger partial charge in [-0.3, -0.25) is 0 Å². The summed E-state index contributed by atoms with van der Waals surface area (Å²) in [6.45, 7) is 4.48. The van der Waals surface area contributed by atoms with Gasteiger partial charge in [0.25, 0.3) is 0 Å². The summed E-state index contributed by atoms with van der Waals surface area (Å²) in [6.07, 6.45) is 0. The van der Waals surface area contributed by atoms with Crippen molar-refractivity contribution in [1.29, 1.82) is 5.26 Å². The Morgan fingerprint density at radius 3 is 2.94 bits per heavy atom. The lowest BCUT2D eigenvalue weighted by Crippen LogP contribution is -1.91. The molecule has 2 aromatic rings. The summed E-state index contributed by atoms with van der Waals surface area (Å²) >= 11 is 0. The van der Waals surface area contributed by atoms with Crippen molar-refractivity contribution in [2.75, 3.05) is 6.61 Å². The number of aromatic amines is 1. The molecule has 0 unspecified atom stereocenters. The normalized spacial score (nSPS) is 9.94. The van der Waals surface area contributed by atoms with Crippen molar-refractivity contribution in [2.24, 2.45) is 0 Å². The second kappa shape index (κ2) is 4.71. The van der Waals surface area contributed by atoms with Crippen LogP contribution < -0.4 is 4.74 Å². The minimum Gasteiger partial charge on any atom is -0.494 e. The zero-order valence-electron chi connectivity index (χ0n) is 9.82. The van der Waals surface area contributed by atoms with Crippen LogP contribution in [0.4, 0.5) is 0 Å². The van der Waals surface area contributed by atoms with E-state index in [4.69, 9.17) is 10.00 Å². The third-order valence-electron chi connectivity index (χ3n) is 2.41. The molecule has 0 saturated carbocycles. The van der Waals surface area contributed by atoms with E-state index in [-0.39, 0.29) is 0 Å². The Kier molecular flexibility index (Phi) is 3.10. The highest BCUT2D eigenvalue weighted by Gasteiger charge is 2.09. The van der Waals surface area contributed by atoms with Crippen LogP contribution in [0.25, 0.3) is 11.3 Å². The second-order valence-electron chi connectivity index (χ2n) is 3.63. The van der Waals surface area contributed by atoms with E-state index in [1.165, 1.54) is 0 Å². The molecule has 0 radical (unpaired) electrons. The van der Waals surface area contributed by atoms with Crippen LogP contribution in [0.1, 0.15) is 18.4 Å². The number of nitrogens with zero attached hydrogens (tertiary/aromatic N) is 2. The highest BCUT2D eigenvalue weighted by atomic mass is 16.5. The summed E-state index contributed by atoms with van der Waals surface area (Å²) in [4.78, 5) is 7.16. The molecule has 0 saturated heterocycles. The molecule has 4 nitrogen and oxygen atoms in total. The molecule has 0 amide bonds. The van der Waals surface area contributed by atoms with Crippen molar-refractivity contribution in [2.45, 2.75) is 13.8 Å². The zero-order chi connectivity index (χ0) is 12.3. The smallest absolute Gasteiger partial charge is 0.210 e. The zero-order valence-corrected chi connectivity index (χ0v) is 9.82. The standard InChI is InChI=1S/C13H13N3O/c1-3-17-11-6-4-5-10(7-11)13-9(2)15-12(8-14)16-13/h4-7H,3H2,1-2H3,(H,15,16). The number of rotatable bonds is 3. The third-order valence-corrected chi connectivity index (χ3v) is 2.41. The number of nitriles is 1. The Morgan fingerprint density at radius 1 is 1.47 bits per heavy atom. The Bertz CT molecular complexity index is 566. The molecule has 1 heterocycles. The van der Waals surface area contributed by atoms with Gasteiger partial charge in [-0.25, -0.2) is 4.98 Å². The molecule has 0 aliphatic heterocycles. The van der Waals surface area contributed by atoms with Crippen molar-refractivity contribution in [1.82, 2.24) is 9.97 Å². The van der Waals surface area contributed by atoms with Crippen molar-refractivity contribution < 1.29 is 4.74 Å². The van der Waals surface area contributed by atoms with Crippen LogP contribution in [0.15, 0.2) is 24.3 Å². The maximum Gasteiger partial charge on any atom is 0.210 e. The lowest BCUT2D eigenvalue weighted by Gasteiger charge is -2.04. The van der Waals surface area contributed by atoms with Gasteiger partial charge in [-0.05, 0) is 26.0 Å². The van der Waals surface area contributed by atoms with Crippen LogP contribution in [0, 0.1) is 18.3 Å². The van der Waals surface area contributed by atoms with Crippen LogP contribution in [-0.4, -0.2) is 16.6 Å². The van der Waals surface area contributed by atoms with Crippen LogP contribution in [-0.2, 0) is 0 Å². The lowest BCUT2D eigenvalue weighted by molar-refractivity contribution is 0.340. The molecule has 86 valence electrons. The summed E-state index contributed by atoms with van der Waals surface area (Å²) in [5.41, 5.74) is 2.63. The van der Waals surface area contributed by atoms with E-state index in [2.05, 4.69) is 9.97 Å². The summed E-state index contributed by atoms with van der Waals surface area (Å²) in [7, 11) is 0. The second-order valence-corrected chi connectivity index (χ2v) is 3.63. The molecular formula is C13H13N3O. The molecule has 0 fully saturated rings. The predicted octanol–water partition coefficient (Wildman–Crippen LogP) is 2.66. The summed E-state index contributed by atoms with van der Waals surface area (Å²) < 4.78 is 5.44. The highest BCUT2D eigenvalue weighted by Crippen LogP contribution is 2.24. The first-order chi connectivity index (χ1) is 8.24. The molecule has 0 bridgehead atoms. The first-order valence-corrected chi connectivity index (χ1v) is 5.44. The topological polar surface area (TPSA) is 61.7 Å². The molecule has 1 N–H and O–H groups in total. The average molecular weight is 227 g/mol. The Labute approximate surface area is 99.9 Å². The van der Waals surface area contributed by atoms with Gasteiger partial charge in [-0.2, -0.15) is 5.26 Å². The van der Waals surface area contributed by atoms with Crippen LogP contribution >= 0.6 is 0 Å². The van der Waals surface area contributed by atoms with Crippen molar-refractivity contribution in [3.63, 3.8) is 0 Å². The Morgan fingerprint density at radius 2 is 2.29 bits per heavy atom. The maximum atomic E-state index is 8.79. The Hall–Kier alpha value is -2.28.